The number of amides is 1. The van der Waals surface area contributed by atoms with E-state index in [0.29, 0.717) is 5.92 Å². The Balaban J connectivity index is 1.45. The van der Waals surface area contributed by atoms with Crippen molar-refractivity contribution in [2.75, 3.05) is 33.3 Å². The van der Waals surface area contributed by atoms with Crippen molar-refractivity contribution in [1.82, 2.24) is 10.2 Å². The molecule has 4 rings (SSSR count). The zero-order chi connectivity index (χ0) is 19.4. The summed E-state index contributed by atoms with van der Waals surface area (Å²) in [5.41, 5.74) is 3.02. The summed E-state index contributed by atoms with van der Waals surface area (Å²) in [6, 6.07) is 18.7. The van der Waals surface area contributed by atoms with Gasteiger partial charge in [-0.25, -0.2) is 0 Å². The lowest BCUT2D eigenvalue weighted by Crippen LogP contribution is -2.46. The molecule has 2 aromatic carbocycles. The van der Waals surface area contributed by atoms with Gasteiger partial charge in [0, 0.05) is 32.3 Å². The molecule has 0 saturated carbocycles. The van der Waals surface area contributed by atoms with E-state index in [0.717, 1.165) is 44.6 Å². The molecule has 0 bridgehead atoms. The summed E-state index contributed by atoms with van der Waals surface area (Å²) >= 11 is 0. The van der Waals surface area contributed by atoms with Crippen LogP contribution in [0.4, 0.5) is 0 Å². The minimum absolute atomic E-state index is 0.142. The van der Waals surface area contributed by atoms with E-state index in [4.69, 9.17) is 4.74 Å². The van der Waals surface area contributed by atoms with Gasteiger partial charge >= 0.3 is 0 Å². The van der Waals surface area contributed by atoms with Crippen LogP contribution in [-0.2, 0) is 10.3 Å². The van der Waals surface area contributed by atoms with Crippen molar-refractivity contribution < 1.29 is 9.53 Å². The fourth-order valence-corrected chi connectivity index (χ4v) is 4.67. The monoisotopic (exact) mass is 378 g/mol. The molecule has 0 spiro atoms. The van der Waals surface area contributed by atoms with Crippen LogP contribution in [-0.4, -0.2) is 44.1 Å². The third-order valence-electron chi connectivity index (χ3n) is 6.45. The van der Waals surface area contributed by atoms with Crippen molar-refractivity contribution in [3.63, 3.8) is 0 Å². The third kappa shape index (κ3) is 3.85. The Morgan fingerprint density at radius 1 is 1.11 bits per heavy atom. The van der Waals surface area contributed by atoms with Crippen LogP contribution in [0.1, 0.15) is 53.1 Å². The molecule has 2 saturated heterocycles. The Morgan fingerprint density at radius 3 is 2.57 bits per heavy atom. The van der Waals surface area contributed by atoms with Crippen molar-refractivity contribution in [3.8, 4) is 0 Å². The van der Waals surface area contributed by atoms with Gasteiger partial charge in [0.25, 0.3) is 5.91 Å². The lowest BCUT2D eigenvalue weighted by molar-refractivity contribution is -0.0574. The Labute approximate surface area is 167 Å². The number of nitrogens with one attached hydrogen (secondary N) is 1. The van der Waals surface area contributed by atoms with Gasteiger partial charge in [0.2, 0.25) is 0 Å². The Hall–Kier alpha value is -2.17. The molecule has 2 heterocycles. The molecule has 4 nitrogen and oxygen atoms in total. The number of nitrogens with zero attached hydrogens (tertiary/aromatic N) is 1. The number of benzene rings is 2. The molecule has 2 fully saturated rings. The quantitative estimate of drug-likeness (QED) is 0.876. The average Bonchev–Trinajstić information content (AvgIpc) is 2.80. The number of carbonyl (C=O) groups is 1. The van der Waals surface area contributed by atoms with Gasteiger partial charge in [0.05, 0.1) is 5.60 Å². The van der Waals surface area contributed by atoms with E-state index in [1.54, 1.807) is 7.11 Å². The Kier molecular flexibility index (Phi) is 5.79. The second-order valence-corrected chi connectivity index (χ2v) is 8.03. The first-order valence-electron chi connectivity index (χ1n) is 10.4. The number of methoxy groups -OCH3 is 1. The van der Waals surface area contributed by atoms with E-state index in [1.807, 2.05) is 23.1 Å². The second-order valence-electron chi connectivity index (χ2n) is 8.03. The molecule has 0 aliphatic carbocycles. The molecule has 1 N–H and O–H groups in total. The number of piperidine rings is 2. The fourth-order valence-electron chi connectivity index (χ4n) is 4.67. The van der Waals surface area contributed by atoms with Gasteiger partial charge < -0.3 is 15.0 Å². The molecule has 0 aromatic heterocycles. The fraction of sp³-hybridized carbons (Fsp3) is 0.458. The molecule has 1 unspecified atom stereocenters. The van der Waals surface area contributed by atoms with Gasteiger partial charge in [-0.3, -0.25) is 4.79 Å². The molecule has 0 radical (unpaired) electrons. The predicted octanol–water partition coefficient (Wildman–Crippen LogP) is 3.93. The molecule has 2 aliphatic heterocycles. The van der Waals surface area contributed by atoms with Crippen LogP contribution in [0.5, 0.6) is 0 Å². The highest BCUT2D eigenvalue weighted by atomic mass is 16.5. The molecular formula is C24H30N2O2. The number of ether oxygens (including phenoxy) is 1. The van der Waals surface area contributed by atoms with Crippen LogP contribution in [0, 0.1) is 0 Å². The van der Waals surface area contributed by atoms with Gasteiger partial charge in [-0.2, -0.15) is 0 Å². The summed E-state index contributed by atoms with van der Waals surface area (Å²) in [6.45, 7) is 3.55. The van der Waals surface area contributed by atoms with Gasteiger partial charge in [-0.1, -0.05) is 42.5 Å². The van der Waals surface area contributed by atoms with E-state index in [1.165, 1.54) is 24.0 Å². The average molecular weight is 379 g/mol. The standard InChI is InChI=1S/C24H30N2O2/c1-28-24(22-10-3-2-4-11-22)12-15-26(16-13-24)23(27)20-8-5-7-19(17-20)21-9-6-14-25-18-21/h2-5,7-8,10-11,17,21,25H,6,9,12-16,18H2,1H3. The molecule has 1 atom stereocenters. The van der Waals surface area contributed by atoms with Crippen LogP contribution in [0.3, 0.4) is 0 Å². The Bertz CT molecular complexity index is 791. The molecule has 2 aromatic rings. The summed E-state index contributed by atoms with van der Waals surface area (Å²) in [4.78, 5) is 15.1. The first-order chi connectivity index (χ1) is 13.7. The zero-order valence-corrected chi connectivity index (χ0v) is 16.7. The van der Waals surface area contributed by atoms with Crippen LogP contribution in [0.2, 0.25) is 0 Å². The van der Waals surface area contributed by atoms with E-state index in [2.05, 4.69) is 41.7 Å². The maximum absolute atomic E-state index is 13.1. The number of carbonyl (C=O) groups excluding carboxylic acids is 1. The smallest absolute Gasteiger partial charge is 0.253 e. The minimum Gasteiger partial charge on any atom is -0.373 e. The summed E-state index contributed by atoms with van der Waals surface area (Å²) in [5.74, 6) is 0.658. The van der Waals surface area contributed by atoms with E-state index >= 15 is 0 Å². The van der Waals surface area contributed by atoms with Crippen molar-refractivity contribution in [3.05, 3.63) is 71.3 Å². The highest BCUT2D eigenvalue weighted by molar-refractivity contribution is 5.94. The number of hydrogen-bond donors (Lipinski definition) is 1. The van der Waals surface area contributed by atoms with Gasteiger partial charge in [0.1, 0.15) is 0 Å². The van der Waals surface area contributed by atoms with Gasteiger partial charge in [-0.15, -0.1) is 0 Å². The summed E-state index contributed by atoms with van der Waals surface area (Å²) in [6.07, 6.45) is 4.05. The van der Waals surface area contributed by atoms with Crippen molar-refractivity contribution in [1.29, 1.82) is 0 Å². The van der Waals surface area contributed by atoms with Crippen LogP contribution < -0.4 is 5.32 Å². The lowest BCUT2D eigenvalue weighted by Gasteiger charge is -2.41. The lowest BCUT2D eigenvalue weighted by atomic mass is 9.84. The SMILES string of the molecule is COC1(c2ccccc2)CCN(C(=O)c2cccc(C3CCCNC3)c2)CC1. The molecular weight excluding hydrogens is 348 g/mol. The highest BCUT2D eigenvalue weighted by Crippen LogP contribution is 2.36. The summed E-state index contributed by atoms with van der Waals surface area (Å²) < 4.78 is 5.95. The largest absolute Gasteiger partial charge is 0.373 e. The highest BCUT2D eigenvalue weighted by Gasteiger charge is 2.37. The normalized spacial score (nSPS) is 22.0. The predicted molar refractivity (Wildman–Crippen MR) is 112 cm³/mol. The first-order valence-corrected chi connectivity index (χ1v) is 10.4. The second kappa shape index (κ2) is 8.46. The summed E-state index contributed by atoms with van der Waals surface area (Å²) in [7, 11) is 1.78. The maximum atomic E-state index is 13.1. The molecule has 2 aliphatic rings. The van der Waals surface area contributed by atoms with E-state index in [9.17, 15) is 4.79 Å². The topological polar surface area (TPSA) is 41.6 Å². The van der Waals surface area contributed by atoms with Gasteiger partial charge in [0.15, 0.2) is 0 Å². The Morgan fingerprint density at radius 2 is 1.89 bits per heavy atom. The van der Waals surface area contributed by atoms with Crippen LogP contribution in [0.15, 0.2) is 54.6 Å². The van der Waals surface area contributed by atoms with E-state index < -0.39 is 0 Å². The number of hydrogen-bond acceptors (Lipinski definition) is 3. The van der Waals surface area contributed by atoms with Crippen molar-refractivity contribution in [2.45, 2.75) is 37.2 Å². The third-order valence-corrected chi connectivity index (χ3v) is 6.45. The minimum atomic E-state index is -0.284. The van der Waals surface area contributed by atoms with Crippen molar-refractivity contribution in [2.24, 2.45) is 0 Å². The summed E-state index contributed by atoms with van der Waals surface area (Å²) in [5, 5.41) is 3.47. The van der Waals surface area contributed by atoms with Crippen LogP contribution in [0.25, 0.3) is 0 Å². The van der Waals surface area contributed by atoms with Crippen molar-refractivity contribution >= 4 is 5.91 Å². The van der Waals surface area contributed by atoms with Gasteiger partial charge in [-0.05, 0) is 61.4 Å². The molecule has 1 amide bonds. The van der Waals surface area contributed by atoms with Crippen LogP contribution >= 0.6 is 0 Å². The molecule has 148 valence electrons. The van der Waals surface area contributed by atoms with E-state index in [-0.39, 0.29) is 11.5 Å². The number of likely N-dealkylation sites (tertiary alicyclic amines) is 1. The number of rotatable bonds is 4. The first kappa shape index (κ1) is 19.2. The maximum Gasteiger partial charge on any atom is 0.253 e. The zero-order valence-electron chi connectivity index (χ0n) is 16.7. The molecule has 4 heteroatoms. The molecule has 28 heavy (non-hydrogen) atoms.